The van der Waals surface area contributed by atoms with Gasteiger partial charge in [0, 0.05) is 16.7 Å². The molecule has 1 aromatic heterocycles. The van der Waals surface area contributed by atoms with Crippen molar-refractivity contribution in [2.24, 2.45) is 5.41 Å². The van der Waals surface area contributed by atoms with Crippen LogP contribution in [0.3, 0.4) is 0 Å². The Morgan fingerprint density at radius 2 is 0.851 bits per heavy atom. The Kier molecular flexibility index (Phi) is 7.21. The van der Waals surface area contributed by atoms with Crippen molar-refractivity contribution in [1.29, 1.82) is 5.26 Å². The second-order valence-corrected chi connectivity index (χ2v) is 14.2. The van der Waals surface area contributed by atoms with Crippen LogP contribution >= 0.6 is 0 Å². The first-order valence-corrected chi connectivity index (χ1v) is 16.3. The molecule has 0 spiro atoms. The summed E-state index contributed by atoms with van der Waals surface area (Å²) in [5, 5.41) is 10.6. The molecule has 47 heavy (non-hydrogen) atoms. The summed E-state index contributed by atoms with van der Waals surface area (Å²) >= 11 is 0. The van der Waals surface area contributed by atoms with Gasteiger partial charge in [-0.05, 0) is 61.8 Å². The Balaban J connectivity index is 1.52. The molecule has 0 unspecified atom stereocenters. The molecular weight excluding hydrogens is 571 g/mol. The molecule has 5 aromatic carbocycles. The third-order valence-corrected chi connectivity index (χ3v) is 11.3. The molecule has 0 fully saturated rings. The van der Waals surface area contributed by atoms with Crippen molar-refractivity contribution in [3.8, 4) is 62.2 Å². The highest BCUT2D eigenvalue weighted by molar-refractivity contribution is 5.87. The number of rotatable bonds is 5. The Labute approximate surface area is 278 Å². The largest absolute Gasteiger partial charge is 0.227 e. The average molecular weight is 610 g/mol. The van der Waals surface area contributed by atoms with Crippen LogP contribution in [0.1, 0.15) is 58.2 Å². The predicted molar refractivity (Wildman–Crippen MR) is 194 cm³/mol. The average Bonchev–Trinajstić information content (AvgIpc) is 3.21. The number of benzene rings is 5. The molecule has 3 heteroatoms. The molecule has 7 rings (SSSR count). The molecule has 0 N–H and O–H groups in total. The van der Waals surface area contributed by atoms with E-state index in [2.05, 4.69) is 126 Å². The van der Waals surface area contributed by atoms with Gasteiger partial charge in [-0.25, -0.2) is 9.97 Å². The molecule has 0 radical (unpaired) electrons. The van der Waals surface area contributed by atoms with Gasteiger partial charge >= 0.3 is 0 Å². The Morgan fingerprint density at radius 1 is 0.468 bits per heavy atom. The summed E-state index contributed by atoms with van der Waals surface area (Å²) < 4.78 is 0. The van der Waals surface area contributed by atoms with Crippen molar-refractivity contribution in [2.75, 3.05) is 0 Å². The summed E-state index contributed by atoms with van der Waals surface area (Å²) in [7, 11) is 0. The molecule has 0 aliphatic heterocycles. The van der Waals surface area contributed by atoms with Crippen molar-refractivity contribution in [1.82, 2.24) is 9.97 Å². The molecule has 1 aliphatic carbocycles. The molecule has 0 saturated carbocycles. The summed E-state index contributed by atoms with van der Waals surface area (Å²) in [5.74, 6) is 0.616. The lowest BCUT2D eigenvalue weighted by Crippen LogP contribution is -2.42. The minimum Gasteiger partial charge on any atom is -0.227 e. The van der Waals surface area contributed by atoms with E-state index in [0.717, 1.165) is 38.9 Å². The van der Waals surface area contributed by atoms with E-state index in [-0.39, 0.29) is 16.2 Å². The van der Waals surface area contributed by atoms with Gasteiger partial charge in [0.15, 0.2) is 5.82 Å². The number of hydrogen-bond acceptors (Lipinski definition) is 3. The smallest absolute Gasteiger partial charge is 0.161 e. The second kappa shape index (κ2) is 11.2. The first kappa shape index (κ1) is 30.3. The maximum Gasteiger partial charge on any atom is 0.161 e. The normalized spacial score (nSPS) is 15.5. The van der Waals surface area contributed by atoms with Crippen LogP contribution in [0.4, 0.5) is 0 Å². The number of nitrogens with zero attached hydrogens (tertiary/aromatic N) is 3. The van der Waals surface area contributed by atoms with Crippen LogP contribution in [0.5, 0.6) is 0 Å². The first-order valence-electron chi connectivity index (χ1n) is 16.3. The maximum absolute atomic E-state index is 10.6. The molecule has 0 saturated heterocycles. The van der Waals surface area contributed by atoms with E-state index in [1.165, 1.54) is 11.1 Å². The highest BCUT2D eigenvalue weighted by Crippen LogP contribution is 2.62. The van der Waals surface area contributed by atoms with E-state index in [4.69, 9.17) is 9.97 Å². The van der Waals surface area contributed by atoms with Crippen molar-refractivity contribution in [2.45, 2.75) is 52.4 Å². The Hall–Kier alpha value is -5.33. The van der Waals surface area contributed by atoms with Crippen LogP contribution in [-0.2, 0) is 10.8 Å². The number of hydrogen-bond donors (Lipinski definition) is 0. The third kappa shape index (κ3) is 4.79. The van der Waals surface area contributed by atoms with Gasteiger partial charge in [0.2, 0.25) is 0 Å². The fraction of sp³-hybridized carbons (Fsp3) is 0.205. The number of nitriles is 1. The molecule has 1 aliphatic rings. The first-order chi connectivity index (χ1) is 22.5. The minimum atomic E-state index is -0.0965. The second-order valence-electron chi connectivity index (χ2n) is 14.2. The van der Waals surface area contributed by atoms with Crippen LogP contribution in [-0.4, -0.2) is 9.97 Å². The van der Waals surface area contributed by atoms with Gasteiger partial charge in [-0.15, -0.1) is 0 Å². The SMILES string of the molecule is CC1(C)c2cc(-c3ccccc3)c(-c3nc(-c4ccccc4)c(C#N)c(-c4ccc(-c5ccccc5)cc4)n3)cc2C(C)(C)C1(C)C. The van der Waals surface area contributed by atoms with E-state index in [1.807, 2.05) is 48.5 Å². The highest BCUT2D eigenvalue weighted by atomic mass is 14.9. The monoisotopic (exact) mass is 609 g/mol. The summed E-state index contributed by atoms with van der Waals surface area (Å²) in [6.07, 6.45) is 0. The molecule has 230 valence electrons. The summed E-state index contributed by atoms with van der Waals surface area (Å²) in [6.45, 7) is 14.2. The van der Waals surface area contributed by atoms with E-state index in [9.17, 15) is 5.26 Å². The molecule has 6 aromatic rings. The Bertz CT molecular complexity index is 2140. The molecule has 3 nitrogen and oxygen atoms in total. The summed E-state index contributed by atoms with van der Waals surface area (Å²) in [6, 6.07) is 46.4. The lowest BCUT2D eigenvalue weighted by molar-refractivity contribution is 0.125. The quantitative estimate of drug-likeness (QED) is 0.195. The minimum absolute atomic E-state index is 0.00129. The van der Waals surface area contributed by atoms with Crippen molar-refractivity contribution in [3.05, 3.63) is 144 Å². The van der Waals surface area contributed by atoms with Gasteiger partial charge in [-0.3, -0.25) is 0 Å². The summed E-state index contributed by atoms with van der Waals surface area (Å²) in [5.41, 5.74) is 11.5. The lowest BCUT2D eigenvalue weighted by Gasteiger charge is -2.44. The van der Waals surface area contributed by atoms with Crippen molar-refractivity contribution < 1.29 is 0 Å². The van der Waals surface area contributed by atoms with Crippen molar-refractivity contribution >= 4 is 0 Å². The Morgan fingerprint density at radius 3 is 1.34 bits per heavy atom. The van der Waals surface area contributed by atoms with E-state index >= 15 is 0 Å². The van der Waals surface area contributed by atoms with Gasteiger partial charge < -0.3 is 0 Å². The summed E-state index contributed by atoms with van der Waals surface area (Å²) in [4.78, 5) is 10.5. The third-order valence-electron chi connectivity index (χ3n) is 11.3. The fourth-order valence-corrected chi connectivity index (χ4v) is 7.28. The number of fused-ring (bicyclic) bond motifs is 1. The van der Waals surface area contributed by atoms with Crippen LogP contribution in [0.15, 0.2) is 127 Å². The van der Waals surface area contributed by atoms with Crippen LogP contribution in [0.25, 0.3) is 56.2 Å². The van der Waals surface area contributed by atoms with E-state index < -0.39 is 0 Å². The standard InChI is InChI=1S/C44H39N3/c1-42(2)37-26-34(31-18-12-8-13-19-31)35(27-38(37)43(3,4)44(42,5)6)41-46-39(32-20-14-9-15-21-32)36(28-45)40(47-41)33-24-22-30(23-25-33)29-16-10-7-11-17-29/h7-27H,1-6H3. The van der Waals surface area contributed by atoms with Crippen LogP contribution in [0, 0.1) is 16.7 Å². The van der Waals surface area contributed by atoms with Gasteiger partial charge in [0.25, 0.3) is 0 Å². The van der Waals surface area contributed by atoms with E-state index in [0.29, 0.717) is 22.8 Å². The van der Waals surface area contributed by atoms with Crippen LogP contribution in [0.2, 0.25) is 0 Å². The zero-order valence-electron chi connectivity index (χ0n) is 28.0. The zero-order chi connectivity index (χ0) is 33.0. The van der Waals surface area contributed by atoms with Gasteiger partial charge in [-0.1, -0.05) is 157 Å². The van der Waals surface area contributed by atoms with Gasteiger partial charge in [0.05, 0.1) is 11.4 Å². The molecule has 0 bridgehead atoms. The number of aromatic nitrogens is 2. The molecule has 1 heterocycles. The molecular formula is C44H39N3. The zero-order valence-corrected chi connectivity index (χ0v) is 28.0. The van der Waals surface area contributed by atoms with Crippen LogP contribution < -0.4 is 0 Å². The lowest BCUT2D eigenvalue weighted by atomic mass is 9.59. The van der Waals surface area contributed by atoms with E-state index in [1.54, 1.807) is 0 Å². The highest BCUT2D eigenvalue weighted by Gasteiger charge is 2.57. The van der Waals surface area contributed by atoms with Crippen molar-refractivity contribution in [3.63, 3.8) is 0 Å². The van der Waals surface area contributed by atoms with Gasteiger partial charge in [0.1, 0.15) is 11.6 Å². The predicted octanol–water partition coefficient (Wildman–Crippen LogP) is 11.3. The fourth-order valence-electron chi connectivity index (χ4n) is 7.28. The van der Waals surface area contributed by atoms with Gasteiger partial charge in [-0.2, -0.15) is 5.26 Å². The molecule has 0 amide bonds. The topological polar surface area (TPSA) is 49.6 Å². The molecule has 0 atom stereocenters. The maximum atomic E-state index is 10.6.